The van der Waals surface area contributed by atoms with Crippen molar-refractivity contribution in [3.8, 4) is 6.07 Å². The Kier molecular flexibility index (Phi) is 5.36. The SMILES string of the molecule is N#CC(CCN=C=O)N=C=O. The summed E-state index contributed by atoms with van der Waals surface area (Å²) in [7, 11) is 0. The number of rotatable bonds is 4. The van der Waals surface area contributed by atoms with E-state index in [1.165, 1.54) is 12.2 Å². The van der Waals surface area contributed by atoms with Crippen LogP contribution in [0.25, 0.3) is 0 Å². The zero-order valence-electron chi connectivity index (χ0n) is 5.65. The molecule has 0 aromatic heterocycles. The molecule has 0 bridgehead atoms. The van der Waals surface area contributed by atoms with Gasteiger partial charge in [0.05, 0.1) is 12.6 Å². The van der Waals surface area contributed by atoms with Gasteiger partial charge in [-0.3, -0.25) is 0 Å². The highest BCUT2D eigenvalue weighted by Gasteiger charge is 2.02. The Labute approximate surface area is 63.1 Å². The van der Waals surface area contributed by atoms with Crippen LogP contribution in [0.15, 0.2) is 9.98 Å². The van der Waals surface area contributed by atoms with Crippen molar-refractivity contribution in [2.45, 2.75) is 12.5 Å². The molecule has 0 N–H and O–H groups in total. The first-order valence-electron chi connectivity index (χ1n) is 2.85. The molecule has 0 amide bonds. The number of isocyanates is 2. The minimum atomic E-state index is -0.746. The topological polar surface area (TPSA) is 82.7 Å². The molecule has 0 saturated heterocycles. The van der Waals surface area contributed by atoms with Crippen LogP contribution in [0.2, 0.25) is 0 Å². The Hall–Kier alpha value is -1.75. The lowest BCUT2D eigenvalue weighted by Gasteiger charge is -1.93. The highest BCUT2D eigenvalue weighted by atomic mass is 16.1. The van der Waals surface area contributed by atoms with Gasteiger partial charge < -0.3 is 0 Å². The van der Waals surface area contributed by atoms with Gasteiger partial charge >= 0.3 is 0 Å². The van der Waals surface area contributed by atoms with Crippen LogP contribution in [-0.2, 0) is 9.59 Å². The van der Waals surface area contributed by atoms with E-state index in [1.807, 2.05) is 0 Å². The Bertz CT molecular complexity index is 243. The van der Waals surface area contributed by atoms with E-state index in [1.54, 1.807) is 6.07 Å². The van der Waals surface area contributed by atoms with Crippen LogP contribution in [0.5, 0.6) is 0 Å². The number of aliphatic imine (C=N–C) groups is 2. The Balaban J connectivity index is 3.81. The van der Waals surface area contributed by atoms with Crippen molar-refractivity contribution < 1.29 is 9.59 Å². The van der Waals surface area contributed by atoms with E-state index < -0.39 is 6.04 Å². The van der Waals surface area contributed by atoms with Gasteiger partial charge in [-0.2, -0.15) is 10.3 Å². The van der Waals surface area contributed by atoms with Gasteiger partial charge in [0.1, 0.15) is 0 Å². The van der Waals surface area contributed by atoms with Crippen LogP contribution in [0.4, 0.5) is 0 Å². The molecule has 0 fully saturated rings. The van der Waals surface area contributed by atoms with Crippen molar-refractivity contribution >= 4 is 12.2 Å². The fourth-order valence-corrected chi connectivity index (χ4v) is 0.454. The summed E-state index contributed by atoms with van der Waals surface area (Å²) >= 11 is 0. The van der Waals surface area contributed by atoms with Gasteiger partial charge in [-0.15, -0.1) is 0 Å². The van der Waals surface area contributed by atoms with Crippen molar-refractivity contribution in [2.75, 3.05) is 6.54 Å². The molecule has 0 aliphatic heterocycles. The summed E-state index contributed by atoms with van der Waals surface area (Å²) in [5, 5.41) is 8.29. The standard InChI is InChI=1S/C6H5N3O2/c7-3-6(9-5-11)1-2-8-4-10/h6H,1-2H2. The van der Waals surface area contributed by atoms with E-state index in [0.717, 1.165) is 0 Å². The molecule has 11 heavy (non-hydrogen) atoms. The first-order valence-corrected chi connectivity index (χ1v) is 2.85. The van der Waals surface area contributed by atoms with Crippen molar-refractivity contribution in [1.82, 2.24) is 0 Å². The van der Waals surface area contributed by atoms with Crippen LogP contribution in [0.1, 0.15) is 6.42 Å². The lowest BCUT2D eigenvalue weighted by Crippen LogP contribution is -2.01. The largest absolute Gasteiger partial charge is 0.236 e. The fraction of sp³-hybridized carbons (Fsp3) is 0.500. The predicted molar refractivity (Wildman–Crippen MR) is 35.1 cm³/mol. The quantitative estimate of drug-likeness (QED) is 0.416. The van der Waals surface area contributed by atoms with Gasteiger partial charge in [-0.1, -0.05) is 0 Å². The second-order valence-corrected chi connectivity index (χ2v) is 1.63. The molecular weight excluding hydrogens is 146 g/mol. The smallest absolute Gasteiger partial charge is 0.211 e. The summed E-state index contributed by atoms with van der Waals surface area (Å²) in [6, 6.07) is 0.997. The maximum atomic E-state index is 9.66. The lowest BCUT2D eigenvalue weighted by atomic mass is 10.2. The molecule has 5 heteroatoms. The number of hydrogen-bond acceptors (Lipinski definition) is 5. The zero-order valence-corrected chi connectivity index (χ0v) is 5.65. The molecule has 0 radical (unpaired) electrons. The van der Waals surface area contributed by atoms with Gasteiger partial charge in [0.2, 0.25) is 12.2 Å². The fourth-order valence-electron chi connectivity index (χ4n) is 0.454. The first kappa shape index (κ1) is 9.25. The van der Waals surface area contributed by atoms with Crippen molar-refractivity contribution in [3.05, 3.63) is 0 Å². The summed E-state index contributed by atoms with van der Waals surface area (Å²) < 4.78 is 0. The van der Waals surface area contributed by atoms with Gasteiger partial charge in [0.15, 0.2) is 6.04 Å². The van der Waals surface area contributed by atoms with Crippen LogP contribution in [-0.4, -0.2) is 24.7 Å². The van der Waals surface area contributed by atoms with E-state index in [4.69, 9.17) is 5.26 Å². The van der Waals surface area contributed by atoms with E-state index >= 15 is 0 Å². The lowest BCUT2D eigenvalue weighted by molar-refractivity contribution is 0.558. The molecule has 1 unspecified atom stereocenters. The molecule has 1 atom stereocenters. The molecule has 0 rings (SSSR count). The van der Waals surface area contributed by atoms with E-state index in [-0.39, 0.29) is 13.0 Å². The average Bonchev–Trinajstić information content (AvgIpc) is 2.03. The molecule has 56 valence electrons. The van der Waals surface area contributed by atoms with Crippen molar-refractivity contribution in [1.29, 1.82) is 5.26 Å². The molecular formula is C6H5N3O2. The van der Waals surface area contributed by atoms with Crippen LogP contribution >= 0.6 is 0 Å². The molecule has 0 heterocycles. The monoisotopic (exact) mass is 151 g/mol. The van der Waals surface area contributed by atoms with Crippen molar-refractivity contribution in [2.24, 2.45) is 9.98 Å². The zero-order chi connectivity index (χ0) is 8.53. The third-order valence-corrected chi connectivity index (χ3v) is 0.936. The minimum Gasteiger partial charge on any atom is -0.211 e. The predicted octanol–water partition coefficient (Wildman–Crippen LogP) is -0.0597. The van der Waals surface area contributed by atoms with Gasteiger partial charge in [-0.25, -0.2) is 14.6 Å². The molecule has 0 aromatic carbocycles. The van der Waals surface area contributed by atoms with Crippen molar-refractivity contribution in [3.63, 3.8) is 0 Å². The highest BCUT2D eigenvalue weighted by molar-refractivity contribution is 5.35. The number of hydrogen-bond donors (Lipinski definition) is 0. The van der Waals surface area contributed by atoms with E-state index in [0.29, 0.717) is 0 Å². The van der Waals surface area contributed by atoms with Crippen LogP contribution in [0.3, 0.4) is 0 Å². The second kappa shape index (κ2) is 6.37. The Morgan fingerprint density at radius 2 is 2.09 bits per heavy atom. The van der Waals surface area contributed by atoms with Crippen LogP contribution < -0.4 is 0 Å². The molecule has 0 saturated carbocycles. The first-order chi connectivity index (χ1) is 5.35. The number of carbonyl (C=O) groups excluding carboxylic acids is 2. The minimum absolute atomic E-state index is 0.160. The van der Waals surface area contributed by atoms with Gasteiger partial charge in [0.25, 0.3) is 0 Å². The summed E-state index contributed by atoms with van der Waals surface area (Å²) in [5.41, 5.74) is 0. The third-order valence-electron chi connectivity index (χ3n) is 0.936. The maximum Gasteiger partial charge on any atom is 0.236 e. The number of nitriles is 1. The Morgan fingerprint density at radius 3 is 2.55 bits per heavy atom. The summed E-state index contributed by atoms with van der Waals surface area (Å²) in [6.07, 6.45) is 2.82. The highest BCUT2D eigenvalue weighted by Crippen LogP contribution is 1.94. The molecule has 0 aliphatic rings. The molecule has 5 nitrogen and oxygen atoms in total. The molecule has 0 aromatic rings. The maximum absolute atomic E-state index is 9.66. The second-order valence-electron chi connectivity index (χ2n) is 1.63. The van der Waals surface area contributed by atoms with E-state index in [9.17, 15) is 9.59 Å². The third kappa shape index (κ3) is 4.73. The summed E-state index contributed by atoms with van der Waals surface area (Å²) in [6.45, 7) is 0.160. The molecule has 0 spiro atoms. The van der Waals surface area contributed by atoms with Crippen LogP contribution in [0, 0.1) is 11.3 Å². The summed E-state index contributed by atoms with van der Waals surface area (Å²) in [4.78, 5) is 25.6. The normalized spacial score (nSPS) is 10.1. The molecule has 0 aliphatic carbocycles. The summed E-state index contributed by atoms with van der Waals surface area (Å²) in [5.74, 6) is 0. The van der Waals surface area contributed by atoms with Gasteiger partial charge in [0, 0.05) is 6.42 Å². The number of nitrogens with zero attached hydrogens (tertiary/aromatic N) is 3. The van der Waals surface area contributed by atoms with Gasteiger partial charge in [-0.05, 0) is 0 Å². The average molecular weight is 151 g/mol. The Morgan fingerprint density at radius 1 is 1.36 bits per heavy atom. The van der Waals surface area contributed by atoms with E-state index in [2.05, 4.69) is 9.98 Å².